The summed E-state index contributed by atoms with van der Waals surface area (Å²) in [5.41, 5.74) is 1.68. The molecule has 0 bridgehead atoms. The van der Waals surface area contributed by atoms with E-state index < -0.39 is 10.2 Å². The van der Waals surface area contributed by atoms with Crippen LogP contribution in [-0.4, -0.2) is 27.1 Å². The molecule has 0 aliphatic rings. The van der Waals surface area contributed by atoms with Crippen molar-refractivity contribution in [2.24, 2.45) is 0 Å². The van der Waals surface area contributed by atoms with Gasteiger partial charge in [-0.3, -0.25) is 0 Å². The average Bonchev–Trinajstić information content (AvgIpc) is 2.50. The van der Waals surface area contributed by atoms with E-state index in [0.29, 0.717) is 5.56 Å². The van der Waals surface area contributed by atoms with Gasteiger partial charge in [-0.05, 0) is 17.5 Å². The molecule has 0 aliphatic carbocycles. The van der Waals surface area contributed by atoms with Gasteiger partial charge in [-0.15, -0.1) is 0 Å². The Bertz CT molecular complexity index is 840. The molecule has 0 amide bonds. The van der Waals surface area contributed by atoms with Gasteiger partial charge in [0.05, 0.1) is 18.1 Å². The summed E-state index contributed by atoms with van der Waals surface area (Å²) in [7, 11) is -2.80. The summed E-state index contributed by atoms with van der Waals surface area (Å²) in [5.74, 6) is -0.309. The number of benzene rings is 1. The van der Waals surface area contributed by atoms with Crippen LogP contribution in [0, 0.1) is 10.2 Å². The topological polar surface area (TPSA) is 114 Å². The van der Waals surface area contributed by atoms with Crippen molar-refractivity contribution in [3.8, 4) is 0 Å². The predicted molar refractivity (Wildman–Crippen MR) is 75.1 cm³/mol. The second-order valence-electron chi connectivity index (χ2n) is 4.54. The molecular formula is C15H15ClNO6+. The number of halogens is 1. The van der Waals surface area contributed by atoms with Gasteiger partial charge in [0.2, 0.25) is 5.52 Å². The van der Waals surface area contributed by atoms with Crippen LogP contribution in [0.1, 0.15) is 10.4 Å². The first kappa shape index (κ1) is 17.1. The Hall–Kier alpha value is -2.29. The zero-order valence-corrected chi connectivity index (χ0v) is 12.8. The number of hydrogen-bond donors (Lipinski definition) is 3. The summed E-state index contributed by atoms with van der Waals surface area (Å²) in [5, 5.41) is 1.93. The van der Waals surface area contributed by atoms with Gasteiger partial charge in [-0.1, -0.05) is 12.1 Å². The monoisotopic (exact) mass is 340 g/mol. The second-order valence-corrected chi connectivity index (χ2v) is 5.41. The molecule has 0 unspecified atom stereocenters. The summed E-state index contributed by atoms with van der Waals surface area (Å²) < 4.78 is 37.0. The fraction of sp³-hybridized carbons (Fsp3) is 0.0667. The van der Waals surface area contributed by atoms with E-state index in [1.807, 2.05) is 47.1 Å². The van der Waals surface area contributed by atoms with Gasteiger partial charge in [0, 0.05) is 18.2 Å². The van der Waals surface area contributed by atoms with E-state index in [0.717, 1.165) is 16.3 Å². The number of carbonyl (C=O) groups is 1. The predicted octanol–water partition coefficient (Wildman–Crippen LogP) is -0.495. The number of carbonyl (C=O) groups excluding carboxylic acids is 1. The normalized spacial score (nSPS) is 11.7. The minimum absolute atomic E-state index is 0.309. The number of hydrogen-bond acceptors (Lipinski definition) is 6. The summed E-state index contributed by atoms with van der Waals surface area (Å²) in [4.78, 5) is 11.7. The molecule has 3 aromatic rings. The van der Waals surface area contributed by atoms with E-state index in [1.54, 1.807) is 6.07 Å². The Morgan fingerprint density at radius 3 is 2.52 bits per heavy atom. The van der Waals surface area contributed by atoms with Crippen LogP contribution in [0.5, 0.6) is 0 Å². The van der Waals surface area contributed by atoms with Gasteiger partial charge >= 0.3 is 34.8 Å². The van der Waals surface area contributed by atoms with Crippen molar-refractivity contribution in [2.75, 3.05) is 7.11 Å². The Morgan fingerprint density at radius 2 is 1.87 bits per heavy atom. The molecule has 0 saturated carbocycles. The Morgan fingerprint density at radius 1 is 1.17 bits per heavy atom. The van der Waals surface area contributed by atoms with Gasteiger partial charge in [0.25, 0.3) is 0 Å². The molecule has 3 N–H and O–H groups in total. The first-order valence-electron chi connectivity index (χ1n) is 6.37. The molecule has 122 valence electrons. The molecule has 7 nitrogen and oxygen atoms in total. The average molecular weight is 341 g/mol. The van der Waals surface area contributed by atoms with Crippen molar-refractivity contribution in [1.29, 1.82) is 0 Å². The summed E-state index contributed by atoms with van der Waals surface area (Å²) >= 11 is 0. The van der Waals surface area contributed by atoms with E-state index in [9.17, 15) is 4.79 Å². The molecule has 3 rings (SSSR count). The summed E-state index contributed by atoms with van der Waals surface area (Å²) in [6, 6.07) is 13.7. The third kappa shape index (κ3) is 4.59. The molecule has 1 aromatic carbocycles. The summed E-state index contributed by atoms with van der Waals surface area (Å²) in [6.07, 6.45) is 3.92. The molecule has 23 heavy (non-hydrogen) atoms. The molecule has 0 aliphatic heterocycles. The number of ether oxygens (including phenoxy) is 1. The van der Waals surface area contributed by atoms with Crippen LogP contribution >= 0.6 is 0 Å². The molecule has 2 heterocycles. The maximum absolute atomic E-state index is 11.7. The quantitative estimate of drug-likeness (QED) is 0.313. The van der Waals surface area contributed by atoms with Crippen LogP contribution in [0.3, 0.4) is 0 Å². The van der Waals surface area contributed by atoms with Gasteiger partial charge in [0.1, 0.15) is 0 Å². The zero-order chi connectivity index (χ0) is 17.0. The van der Waals surface area contributed by atoms with E-state index in [2.05, 4.69) is 6.07 Å². The van der Waals surface area contributed by atoms with Gasteiger partial charge < -0.3 is 4.74 Å². The Balaban J connectivity index is 0.000000338. The van der Waals surface area contributed by atoms with E-state index >= 15 is 0 Å². The van der Waals surface area contributed by atoms with Crippen molar-refractivity contribution in [2.45, 2.75) is 0 Å². The number of esters is 1. The van der Waals surface area contributed by atoms with Crippen LogP contribution in [0.4, 0.5) is 0 Å². The van der Waals surface area contributed by atoms with Crippen molar-refractivity contribution in [1.82, 2.24) is 0 Å². The first-order chi connectivity index (χ1) is 10.8. The van der Waals surface area contributed by atoms with Crippen LogP contribution in [0.25, 0.3) is 16.3 Å². The van der Waals surface area contributed by atoms with Gasteiger partial charge in [-0.2, -0.15) is 4.40 Å². The molecule has 0 radical (unpaired) electrons. The fourth-order valence-corrected chi connectivity index (χ4v) is 2.15. The van der Waals surface area contributed by atoms with E-state index in [-0.39, 0.29) is 5.97 Å². The van der Waals surface area contributed by atoms with E-state index in [4.69, 9.17) is 23.4 Å². The van der Waals surface area contributed by atoms with Crippen LogP contribution in [-0.2, 0) is 4.74 Å². The first-order valence-corrected chi connectivity index (χ1v) is 7.69. The fourth-order valence-electron chi connectivity index (χ4n) is 2.15. The Labute approximate surface area is 133 Å². The van der Waals surface area contributed by atoms with E-state index in [1.165, 1.54) is 7.11 Å². The van der Waals surface area contributed by atoms with Gasteiger partial charge in [0.15, 0.2) is 12.4 Å². The molecule has 0 atom stereocenters. The zero-order valence-electron chi connectivity index (χ0n) is 12.1. The van der Waals surface area contributed by atoms with Crippen molar-refractivity contribution >= 4 is 22.3 Å². The third-order valence-corrected chi connectivity index (χ3v) is 3.04. The van der Waals surface area contributed by atoms with Crippen molar-refractivity contribution in [3.05, 3.63) is 60.4 Å². The maximum atomic E-state index is 11.7. The van der Waals surface area contributed by atoms with Crippen LogP contribution < -0.4 is 9.06 Å². The molecule has 0 saturated heterocycles. The molecule has 8 heteroatoms. The van der Waals surface area contributed by atoms with Crippen LogP contribution in [0.15, 0.2) is 54.9 Å². The second kappa shape index (κ2) is 6.86. The minimum atomic E-state index is -4.19. The molecule has 0 spiro atoms. The van der Waals surface area contributed by atoms with Gasteiger partial charge in [-0.25, -0.2) is 4.79 Å². The van der Waals surface area contributed by atoms with Crippen molar-refractivity contribution < 1.29 is 42.8 Å². The molecule has 2 aromatic heterocycles. The van der Waals surface area contributed by atoms with Crippen LogP contribution in [0.2, 0.25) is 0 Å². The summed E-state index contributed by atoms with van der Waals surface area (Å²) in [6.45, 7) is 0. The molecular weight excluding hydrogens is 326 g/mol. The Kier molecular flexibility index (Phi) is 5.09. The number of methoxy groups -OCH3 is 1. The molecule has 0 fully saturated rings. The third-order valence-electron chi connectivity index (χ3n) is 3.04. The standard InChI is InChI=1S/C15H12NO2.ClH3O4/c1-18-15(17)13-7-4-5-11-9-12-6-2-3-8-16(12)10-14(11)13;2-1(3,4)5/h2-10H,1H3;2-4H/q+1;. The number of nitrogens with zero attached hydrogens (tertiary/aromatic N) is 1. The number of rotatable bonds is 1. The van der Waals surface area contributed by atoms with Crippen molar-refractivity contribution in [3.63, 3.8) is 0 Å². The SMILES string of the molecule is COC(=O)c1cccc2cc3cccc[n+]3cc12.[O-][Cl+](O)(O)O. The number of fused-ring (bicyclic) bond motifs is 2. The number of pyridine rings is 2. The number of aromatic nitrogens is 1.